The first-order valence-corrected chi connectivity index (χ1v) is 8.67. The molecule has 146 valence electrons. The van der Waals surface area contributed by atoms with Gasteiger partial charge >= 0.3 is 6.18 Å². The standard InChI is InChI=1S/C19H23F3N4O/c1-2-23-18(25-11-9-16-7-3-4-10-24-16)26-13-15-6-5-8-17(12-15)27-14-19(20,21)22/h3-8,10,12H,2,9,11,13-14H2,1H3,(H2,23,25,26). The summed E-state index contributed by atoms with van der Waals surface area (Å²) in [6, 6.07) is 12.3. The van der Waals surface area contributed by atoms with E-state index in [0.717, 1.165) is 17.7 Å². The number of pyridine rings is 1. The summed E-state index contributed by atoms with van der Waals surface area (Å²) in [5.41, 5.74) is 1.74. The van der Waals surface area contributed by atoms with Gasteiger partial charge in [0.1, 0.15) is 5.75 Å². The minimum atomic E-state index is -4.36. The number of benzene rings is 1. The van der Waals surface area contributed by atoms with Crippen LogP contribution < -0.4 is 15.4 Å². The third-order valence-electron chi connectivity index (χ3n) is 3.46. The summed E-state index contributed by atoms with van der Waals surface area (Å²) < 4.78 is 41.5. The van der Waals surface area contributed by atoms with Crippen LogP contribution in [0.15, 0.2) is 53.7 Å². The molecular formula is C19H23F3N4O. The van der Waals surface area contributed by atoms with E-state index in [1.807, 2.05) is 25.1 Å². The average Bonchev–Trinajstić information content (AvgIpc) is 2.65. The van der Waals surface area contributed by atoms with Gasteiger partial charge in [0.25, 0.3) is 0 Å². The highest BCUT2D eigenvalue weighted by molar-refractivity contribution is 5.79. The number of nitrogens with zero attached hydrogens (tertiary/aromatic N) is 2. The van der Waals surface area contributed by atoms with Crippen LogP contribution in [0.2, 0.25) is 0 Å². The zero-order valence-corrected chi connectivity index (χ0v) is 15.1. The van der Waals surface area contributed by atoms with Gasteiger partial charge in [-0.3, -0.25) is 4.98 Å². The SMILES string of the molecule is CCNC(=NCc1cccc(OCC(F)(F)F)c1)NCCc1ccccn1. The molecule has 27 heavy (non-hydrogen) atoms. The summed E-state index contributed by atoms with van der Waals surface area (Å²) in [6.07, 6.45) is -1.85. The van der Waals surface area contributed by atoms with Gasteiger partial charge in [0.2, 0.25) is 0 Å². The number of rotatable bonds is 8. The molecule has 1 heterocycles. The molecule has 1 aromatic heterocycles. The number of aromatic nitrogens is 1. The smallest absolute Gasteiger partial charge is 0.422 e. The molecule has 2 aromatic rings. The number of nitrogens with one attached hydrogen (secondary N) is 2. The lowest BCUT2D eigenvalue weighted by Gasteiger charge is -2.12. The third-order valence-corrected chi connectivity index (χ3v) is 3.46. The Morgan fingerprint density at radius 1 is 1.15 bits per heavy atom. The molecule has 0 spiro atoms. The topological polar surface area (TPSA) is 58.5 Å². The van der Waals surface area contributed by atoms with Crippen molar-refractivity contribution in [2.24, 2.45) is 4.99 Å². The Morgan fingerprint density at radius 2 is 2.00 bits per heavy atom. The minimum absolute atomic E-state index is 0.174. The molecule has 0 atom stereocenters. The van der Waals surface area contributed by atoms with Crippen molar-refractivity contribution in [2.45, 2.75) is 26.1 Å². The lowest BCUT2D eigenvalue weighted by Crippen LogP contribution is -2.38. The molecule has 2 N–H and O–H groups in total. The van der Waals surface area contributed by atoms with Crippen molar-refractivity contribution in [1.29, 1.82) is 0 Å². The van der Waals surface area contributed by atoms with Gasteiger partial charge in [0.15, 0.2) is 12.6 Å². The quantitative estimate of drug-likeness (QED) is 0.545. The van der Waals surface area contributed by atoms with Crippen LogP contribution in [-0.4, -0.2) is 36.8 Å². The second kappa shape index (κ2) is 10.4. The number of hydrogen-bond acceptors (Lipinski definition) is 3. The lowest BCUT2D eigenvalue weighted by atomic mass is 10.2. The Kier molecular flexibility index (Phi) is 7.91. The Hall–Kier alpha value is -2.77. The van der Waals surface area contributed by atoms with Crippen molar-refractivity contribution in [2.75, 3.05) is 19.7 Å². The van der Waals surface area contributed by atoms with Crippen molar-refractivity contribution in [1.82, 2.24) is 15.6 Å². The summed E-state index contributed by atoms with van der Waals surface area (Å²) in [5, 5.41) is 6.36. The summed E-state index contributed by atoms with van der Waals surface area (Å²) in [5.74, 6) is 0.809. The summed E-state index contributed by atoms with van der Waals surface area (Å²) in [4.78, 5) is 8.73. The fourth-order valence-corrected chi connectivity index (χ4v) is 2.27. The van der Waals surface area contributed by atoms with Crippen LogP contribution in [0.25, 0.3) is 0 Å². The zero-order valence-electron chi connectivity index (χ0n) is 15.1. The van der Waals surface area contributed by atoms with Crippen LogP contribution >= 0.6 is 0 Å². The first-order chi connectivity index (χ1) is 13.0. The molecule has 0 aliphatic heterocycles. The van der Waals surface area contributed by atoms with Crippen LogP contribution in [0.4, 0.5) is 13.2 Å². The molecule has 0 unspecified atom stereocenters. The van der Waals surface area contributed by atoms with E-state index in [0.29, 0.717) is 25.6 Å². The van der Waals surface area contributed by atoms with Crippen LogP contribution in [-0.2, 0) is 13.0 Å². The number of alkyl halides is 3. The fourth-order valence-electron chi connectivity index (χ4n) is 2.27. The third kappa shape index (κ3) is 8.44. The van der Waals surface area contributed by atoms with E-state index in [4.69, 9.17) is 4.74 Å². The number of aliphatic imine (C=N–C) groups is 1. The zero-order chi connectivity index (χ0) is 19.5. The highest BCUT2D eigenvalue weighted by Gasteiger charge is 2.28. The van der Waals surface area contributed by atoms with Gasteiger partial charge in [0, 0.05) is 31.4 Å². The predicted octanol–water partition coefficient (Wildman–Crippen LogP) is 3.32. The largest absolute Gasteiger partial charge is 0.484 e. The van der Waals surface area contributed by atoms with Gasteiger partial charge < -0.3 is 15.4 Å². The van der Waals surface area contributed by atoms with Crippen molar-refractivity contribution in [3.8, 4) is 5.75 Å². The number of guanidine groups is 1. The summed E-state index contributed by atoms with van der Waals surface area (Å²) in [7, 11) is 0. The maximum Gasteiger partial charge on any atom is 0.422 e. The monoisotopic (exact) mass is 380 g/mol. The molecule has 2 rings (SSSR count). The lowest BCUT2D eigenvalue weighted by molar-refractivity contribution is -0.153. The predicted molar refractivity (Wildman–Crippen MR) is 98.8 cm³/mol. The number of halogens is 3. The van der Waals surface area contributed by atoms with E-state index in [1.54, 1.807) is 24.4 Å². The molecule has 0 saturated carbocycles. The average molecular weight is 380 g/mol. The van der Waals surface area contributed by atoms with E-state index in [2.05, 4.69) is 20.6 Å². The van der Waals surface area contributed by atoms with Crippen LogP contribution in [0.1, 0.15) is 18.2 Å². The number of hydrogen-bond donors (Lipinski definition) is 2. The van der Waals surface area contributed by atoms with Crippen LogP contribution in [0.5, 0.6) is 5.75 Å². The molecule has 0 fully saturated rings. The van der Waals surface area contributed by atoms with E-state index in [-0.39, 0.29) is 5.75 Å². The summed E-state index contributed by atoms with van der Waals surface area (Å²) >= 11 is 0. The van der Waals surface area contributed by atoms with E-state index in [9.17, 15) is 13.2 Å². The second-order valence-electron chi connectivity index (χ2n) is 5.74. The Morgan fingerprint density at radius 3 is 2.70 bits per heavy atom. The van der Waals surface area contributed by atoms with Gasteiger partial charge in [-0.2, -0.15) is 13.2 Å². The molecule has 0 bridgehead atoms. The molecule has 0 amide bonds. The van der Waals surface area contributed by atoms with E-state index >= 15 is 0 Å². The summed E-state index contributed by atoms with van der Waals surface area (Å²) in [6.45, 7) is 2.34. The van der Waals surface area contributed by atoms with E-state index < -0.39 is 12.8 Å². The van der Waals surface area contributed by atoms with Crippen LogP contribution in [0.3, 0.4) is 0 Å². The maximum absolute atomic E-state index is 12.3. The van der Waals surface area contributed by atoms with Gasteiger partial charge in [0.05, 0.1) is 6.54 Å². The van der Waals surface area contributed by atoms with E-state index in [1.165, 1.54) is 6.07 Å². The molecule has 5 nitrogen and oxygen atoms in total. The maximum atomic E-state index is 12.3. The molecule has 0 aliphatic carbocycles. The molecule has 0 radical (unpaired) electrons. The minimum Gasteiger partial charge on any atom is -0.484 e. The van der Waals surface area contributed by atoms with Crippen molar-refractivity contribution < 1.29 is 17.9 Å². The van der Waals surface area contributed by atoms with Gasteiger partial charge in [-0.1, -0.05) is 18.2 Å². The second-order valence-corrected chi connectivity index (χ2v) is 5.74. The first kappa shape index (κ1) is 20.5. The van der Waals surface area contributed by atoms with Crippen molar-refractivity contribution in [3.63, 3.8) is 0 Å². The normalized spacial score (nSPS) is 11.9. The molecule has 8 heteroatoms. The van der Waals surface area contributed by atoms with Gasteiger partial charge in [-0.25, -0.2) is 4.99 Å². The first-order valence-electron chi connectivity index (χ1n) is 8.67. The Labute approximate surface area is 156 Å². The molecule has 0 aliphatic rings. The van der Waals surface area contributed by atoms with Gasteiger partial charge in [-0.05, 0) is 36.8 Å². The van der Waals surface area contributed by atoms with Crippen LogP contribution in [0, 0.1) is 0 Å². The Balaban J connectivity index is 1.89. The molecular weight excluding hydrogens is 357 g/mol. The molecule has 0 saturated heterocycles. The number of ether oxygens (including phenoxy) is 1. The van der Waals surface area contributed by atoms with Gasteiger partial charge in [-0.15, -0.1) is 0 Å². The van der Waals surface area contributed by atoms with Crippen molar-refractivity contribution in [3.05, 3.63) is 59.9 Å². The highest BCUT2D eigenvalue weighted by atomic mass is 19.4. The fraction of sp³-hybridized carbons (Fsp3) is 0.368. The molecule has 1 aromatic carbocycles. The highest BCUT2D eigenvalue weighted by Crippen LogP contribution is 2.19. The van der Waals surface area contributed by atoms with Crippen molar-refractivity contribution >= 4 is 5.96 Å². The Bertz CT molecular complexity index is 720.